The molecule has 0 unspecified atom stereocenters. The molecular weight excluding hydrogens is 305 g/mol. The van der Waals surface area contributed by atoms with Crippen molar-refractivity contribution in [2.45, 2.75) is 46.1 Å². The minimum absolute atomic E-state index is 0.121. The van der Waals surface area contributed by atoms with Crippen molar-refractivity contribution in [3.8, 4) is 0 Å². The Hall–Kier alpha value is -0.730. The SMILES string of the molecule is CC1(C)[C@@H]2CC[C@](C)(C2)[C@@H]1NC(=O)c1c(Cl)cccc1Cl. The maximum Gasteiger partial charge on any atom is 0.254 e. The van der Waals surface area contributed by atoms with Gasteiger partial charge in [0.1, 0.15) is 0 Å². The van der Waals surface area contributed by atoms with E-state index in [0.29, 0.717) is 21.5 Å². The molecule has 0 aromatic heterocycles. The van der Waals surface area contributed by atoms with E-state index in [1.165, 1.54) is 19.3 Å². The fourth-order valence-electron chi connectivity index (χ4n) is 4.58. The Bertz CT molecular complexity index is 573. The average Bonchev–Trinajstić information content (AvgIpc) is 2.86. The maximum atomic E-state index is 12.7. The first-order chi connectivity index (χ1) is 9.75. The number of rotatable bonds is 2. The lowest BCUT2D eigenvalue weighted by atomic mass is 9.68. The normalized spacial score (nSPS) is 33.2. The van der Waals surface area contributed by atoms with Crippen LogP contribution in [0.5, 0.6) is 0 Å². The van der Waals surface area contributed by atoms with E-state index >= 15 is 0 Å². The summed E-state index contributed by atoms with van der Waals surface area (Å²) in [6.45, 7) is 6.82. The highest BCUT2D eigenvalue weighted by molar-refractivity contribution is 6.39. The number of fused-ring (bicyclic) bond motifs is 2. The Morgan fingerprint density at radius 3 is 2.38 bits per heavy atom. The zero-order chi connectivity index (χ0) is 15.4. The van der Waals surface area contributed by atoms with E-state index in [0.717, 1.165) is 0 Å². The summed E-state index contributed by atoms with van der Waals surface area (Å²) in [5, 5.41) is 4.05. The molecule has 2 saturated carbocycles. The second-order valence-electron chi connectivity index (χ2n) is 7.42. The lowest BCUT2D eigenvalue weighted by Crippen LogP contribution is -2.52. The summed E-state index contributed by atoms with van der Waals surface area (Å²) in [4.78, 5) is 12.7. The molecule has 2 fully saturated rings. The van der Waals surface area contributed by atoms with Gasteiger partial charge in [0.05, 0.1) is 15.6 Å². The van der Waals surface area contributed by atoms with E-state index in [2.05, 4.69) is 26.1 Å². The predicted octanol–water partition coefficient (Wildman–Crippen LogP) is 4.94. The largest absolute Gasteiger partial charge is 0.348 e. The molecule has 2 bridgehead atoms. The Labute approximate surface area is 136 Å². The summed E-state index contributed by atoms with van der Waals surface area (Å²) in [5.41, 5.74) is 0.705. The molecule has 114 valence electrons. The molecule has 1 amide bonds. The molecule has 3 atom stereocenters. The van der Waals surface area contributed by atoms with Crippen molar-refractivity contribution in [1.29, 1.82) is 0 Å². The molecule has 0 heterocycles. The first-order valence-electron chi connectivity index (χ1n) is 7.50. The first-order valence-corrected chi connectivity index (χ1v) is 8.26. The summed E-state index contributed by atoms with van der Waals surface area (Å²) in [6, 6.07) is 5.33. The summed E-state index contributed by atoms with van der Waals surface area (Å²) in [5.74, 6) is 0.534. The molecule has 1 aromatic carbocycles. The van der Waals surface area contributed by atoms with E-state index in [1.807, 2.05) is 0 Å². The van der Waals surface area contributed by atoms with Crippen LogP contribution < -0.4 is 5.32 Å². The lowest BCUT2D eigenvalue weighted by molar-refractivity contribution is 0.0738. The van der Waals surface area contributed by atoms with E-state index in [4.69, 9.17) is 23.2 Å². The van der Waals surface area contributed by atoms with Gasteiger partial charge in [0.15, 0.2) is 0 Å². The highest BCUT2D eigenvalue weighted by Gasteiger charge is 2.59. The number of nitrogens with one attached hydrogen (secondary N) is 1. The fourth-order valence-corrected chi connectivity index (χ4v) is 5.15. The zero-order valence-electron chi connectivity index (χ0n) is 12.7. The van der Waals surface area contributed by atoms with E-state index in [9.17, 15) is 4.79 Å². The highest BCUT2D eigenvalue weighted by atomic mass is 35.5. The number of carbonyl (C=O) groups is 1. The Kier molecular flexibility index (Phi) is 3.53. The van der Waals surface area contributed by atoms with Crippen molar-refractivity contribution in [2.24, 2.45) is 16.7 Å². The van der Waals surface area contributed by atoms with Gasteiger partial charge < -0.3 is 5.32 Å². The van der Waals surface area contributed by atoms with Gasteiger partial charge in [-0.1, -0.05) is 50.0 Å². The van der Waals surface area contributed by atoms with Crippen molar-refractivity contribution in [3.05, 3.63) is 33.8 Å². The van der Waals surface area contributed by atoms with Crippen LogP contribution in [-0.4, -0.2) is 11.9 Å². The smallest absolute Gasteiger partial charge is 0.254 e. The van der Waals surface area contributed by atoms with Crippen molar-refractivity contribution < 1.29 is 4.79 Å². The summed E-state index contributed by atoms with van der Waals surface area (Å²) >= 11 is 12.3. The third kappa shape index (κ3) is 2.27. The monoisotopic (exact) mass is 325 g/mol. The number of carbonyl (C=O) groups excluding carboxylic acids is 1. The molecule has 21 heavy (non-hydrogen) atoms. The molecule has 0 spiro atoms. The number of amides is 1. The van der Waals surface area contributed by atoms with Crippen LogP contribution in [0.3, 0.4) is 0 Å². The minimum Gasteiger partial charge on any atom is -0.348 e. The topological polar surface area (TPSA) is 29.1 Å². The van der Waals surface area contributed by atoms with Crippen LogP contribution in [0, 0.1) is 16.7 Å². The van der Waals surface area contributed by atoms with E-state index in [1.54, 1.807) is 18.2 Å². The molecule has 2 nitrogen and oxygen atoms in total. The Balaban J connectivity index is 1.89. The number of benzene rings is 1. The molecule has 4 heteroatoms. The third-order valence-electron chi connectivity index (χ3n) is 5.74. The predicted molar refractivity (Wildman–Crippen MR) is 86.9 cm³/mol. The highest BCUT2D eigenvalue weighted by Crippen LogP contribution is 2.62. The second kappa shape index (κ2) is 4.89. The molecule has 0 aliphatic heterocycles. The molecule has 2 aliphatic rings. The van der Waals surface area contributed by atoms with Crippen LogP contribution in [0.15, 0.2) is 18.2 Å². The van der Waals surface area contributed by atoms with Gasteiger partial charge in [-0.3, -0.25) is 4.79 Å². The molecule has 0 radical (unpaired) electrons. The van der Waals surface area contributed by atoms with Crippen LogP contribution >= 0.6 is 23.2 Å². The van der Waals surface area contributed by atoms with Crippen LogP contribution in [0.4, 0.5) is 0 Å². The van der Waals surface area contributed by atoms with Gasteiger partial charge in [0.25, 0.3) is 5.91 Å². The van der Waals surface area contributed by atoms with Crippen LogP contribution in [0.25, 0.3) is 0 Å². The van der Waals surface area contributed by atoms with Crippen LogP contribution in [-0.2, 0) is 0 Å². The lowest BCUT2D eigenvalue weighted by Gasteiger charge is -2.43. The quantitative estimate of drug-likeness (QED) is 0.819. The van der Waals surface area contributed by atoms with Gasteiger partial charge in [-0.15, -0.1) is 0 Å². The standard InChI is InChI=1S/C17H21Cl2NO/c1-16(2)10-7-8-17(3,9-10)15(16)20-14(21)13-11(18)5-4-6-12(13)19/h4-6,10,15H,7-9H2,1-3H3,(H,20,21)/t10-,15-,17-/m1/s1. The van der Waals surface area contributed by atoms with E-state index < -0.39 is 0 Å². The van der Waals surface area contributed by atoms with Gasteiger partial charge in [-0.2, -0.15) is 0 Å². The fraction of sp³-hybridized carbons (Fsp3) is 0.588. The zero-order valence-corrected chi connectivity index (χ0v) is 14.2. The van der Waals surface area contributed by atoms with Crippen molar-refractivity contribution in [3.63, 3.8) is 0 Å². The molecule has 0 saturated heterocycles. The number of halogens is 2. The van der Waals surface area contributed by atoms with Crippen LogP contribution in [0.2, 0.25) is 10.0 Å². The van der Waals surface area contributed by atoms with Crippen molar-refractivity contribution in [1.82, 2.24) is 5.32 Å². The van der Waals surface area contributed by atoms with Gasteiger partial charge in [0, 0.05) is 6.04 Å². The van der Waals surface area contributed by atoms with Gasteiger partial charge in [0.2, 0.25) is 0 Å². The molecule has 2 aliphatic carbocycles. The summed E-state index contributed by atoms with van der Waals surface area (Å²) in [6.07, 6.45) is 3.65. The summed E-state index contributed by atoms with van der Waals surface area (Å²) in [7, 11) is 0. The van der Waals surface area contributed by atoms with Crippen molar-refractivity contribution >= 4 is 29.1 Å². The van der Waals surface area contributed by atoms with Crippen LogP contribution in [0.1, 0.15) is 50.4 Å². The maximum absolute atomic E-state index is 12.7. The van der Waals surface area contributed by atoms with Gasteiger partial charge in [-0.05, 0) is 48.1 Å². The van der Waals surface area contributed by atoms with Gasteiger partial charge >= 0.3 is 0 Å². The molecular formula is C17H21Cl2NO. The number of hydrogen-bond donors (Lipinski definition) is 1. The number of hydrogen-bond acceptors (Lipinski definition) is 1. The minimum atomic E-state index is -0.155. The average molecular weight is 326 g/mol. The third-order valence-corrected chi connectivity index (χ3v) is 6.36. The molecule has 1 aromatic rings. The second-order valence-corrected chi connectivity index (χ2v) is 8.23. The Morgan fingerprint density at radius 2 is 1.86 bits per heavy atom. The first kappa shape index (κ1) is 15.2. The molecule has 3 rings (SSSR count). The van der Waals surface area contributed by atoms with Gasteiger partial charge in [-0.25, -0.2) is 0 Å². The Morgan fingerprint density at radius 1 is 1.24 bits per heavy atom. The van der Waals surface area contributed by atoms with Crippen molar-refractivity contribution in [2.75, 3.05) is 0 Å². The molecule has 1 N–H and O–H groups in total. The van der Waals surface area contributed by atoms with E-state index in [-0.39, 0.29) is 22.8 Å². The summed E-state index contributed by atoms with van der Waals surface area (Å²) < 4.78 is 0.